The number of likely N-dealkylation sites (N-methyl/N-ethyl adjacent to an activating group) is 1. The number of hydrogen-bond donors (Lipinski definition) is 0. The number of carbonyl (C=O) groups is 2. The van der Waals surface area contributed by atoms with Crippen LogP contribution in [0.2, 0.25) is 0 Å². The summed E-state index contributed by atoms with van der Waals surface area (Å²) in [5, 5.41) is 0. The third-order valence-corrected chi connectivity index (χ3v) is 5.91. The second-order valence-corrected chi connectivity index (χ2v) is 7.85. The Labute approximate surface area is 156 Å². The first-order valence-corrected chi connectivity index (χ1v) is 9.87. The molecule has 2 amide bonds. The van der Waals surface area contributed by atoms with E-state index in [1.807, 2.05) is 37.4 Å². The van der Waals surface area contributed by atoms with Crippen molar-refractivity contribution in [2.45, 2.75) is 32.6 Å². The molecule has 2 fully saturated rings. The topological polar surface area (TPSA) is 43.9 Å². The zero-order valence-corrected chi connectivity index (χ0v) is 16.1. The average molecular weight is 357 g/mol. The van der Waals surface area contributed by atoms with Gasteiger partial charge in [-0.2, -0.15) is 0 Å². The molecule has 0 spiro atoms. The lowest BCUT2D eigenvalue weighted by Gasteiger charge is -2.36. The first-order valence-electron chi connectivity index (χ1n) is 9.87. The second-order valence-electron chi connectivity index (χ2n) is 7.85. The van der Waals surface area contributed by atoms with E-state index in [9.17, 15) is 9.59 Å². The second kappa shape index (κ2) is 8.67. The first-order chi connectivity index (χ1) is 12.5. The lowest BCUT2D eigenvalue weighted by molar-refractivity contribution is -0.138. The summed E-state index contributed by atoms with van der Waals surface area (Å²) < 4.78 is 0. The number of hydrogen-bond acceptors (Lipinski definition) is 3. The summed E-state index contributed by atoms with van der Waals surface area (Å²) in [5.74, 6) is 1.32. The minimum absolute atomic E-state index is 0.103. The Morgan fingerprint density at radius 1 is 1.00 bits per heavy atom. The molecule has 2 aliphatic heterocycles. The predicted octanol–water partition coefficient (Wildman–Crippen LogP) is 2.62. The van der Waals surface area contributed by atoms with Crippen molar-refractivity contribution in [1.82, 2.24) is 9.80 Å². The van der Waals surface area contributed by atoms with Crippen LogP contribution in [0.3, 0.4) is 0 Å². The van der Waals surface area contributed by atoms with Gasteiger partial charge < -0.3 is 9.80 Å². The van der Waals surface area contributed by atoms with Crippen LogP contribution < -0.4 is 4.90 Å². The summed E-state index contributed by atoms with van der Waals surface area (Å²) in [6, 6.07) is 9.73. The van der Waals surface area contributed by atoms with E-state index < -0.39 is 0 Å². The molecule has 26 heavy (non-hydrogen) atoms. The number of anilines is 1. The monoisotopic (exact) mass is 357 g/mol. The Balaban J connectivity index is 1.45. The maximum absolute atomic E-state index is 12.7. The van der Waals surface area contributed by atoms with Gasteiger partial charge in [0, 0.05) is 31.7 Å². The number of likely N-dealkylation sites (tertiary alicyclic amines) is 2. The Bertz CT molecular complexity index is 603. The molecule has 3 rings (SSSR count). The van der Waals surface area contributed by atoms with Crippen LogP contribution in [0.4, 0.5) is 5.69 Å². The summed E-state index contributed by atoms with van der Waals surface area (Å²) >= 11 is 0. The van der Waals surface area contributed by atoms with Crippen LogP contribution in [-0.4, -0.2) is 61.4 Å². The fourth-order valence-corrected chi connectivity index (χ4v) is 3.92. The van der Waals surface area contributed by atoms with Gasteiger partial charge in [0.2, 0.25) is 11.8 Å². The average Bonchev–Trinajstić information content (AvgIpc) is 2.68. The summed E-state index contributed by atoms with van der Waals surface area (Å²) in [6.45, 7) is 6.18. The predicted molar refractivity (Wildman–Crippen MR) is 104 cm³/mol. The highest BCUT2D eigenvalue weighted by Gasteiger charge is 2.30. The number of nitrogens with zero attached hydrogens (tertiary/aromatic N) is 3. The molecule has 142 valence electrons. The van der Waals surface area contributed by atoms with Crippen molar-refractivity contribution in [3.05, 3.63) is 30.3 Å². The van der Waals surface area contributed by atoms with Crippen LogP contribution in [0.15, 0.2) is 30.3 Å². The molecule has 0 saturated carbocycles. The van der Waals surface area contributed by atoms with Gasteiger partial charge in [-0.1, -0.05) is 25.1 Å². The minimum Gasteiger partial charge on any atom is -0.342 e. The molecule has 2 aliphatic rings. The van der Waals surface area contributed by atoms with Gasteiger partial charge in [0.1, 0.15) is 0 Å². The number of carbonyl (C=O) groups excluding carboxylic acids is 2. The normalized spacial score (nSPS) is 20.2. The lowest BCUT2D eigenvalue weighted by atomic mass is 9.92. The molecule has 5 heteroatoms. The third kappa shape index (κ3) is 4.64. The van der Waals surface area contributed by atoms with Crippen molar-refractivity contribution in [3.8, 4) is 0 Å². The van der Waals surface area contributed by atoms with Gasteiger partial charge in [-0.05, 0) is 56.8 Å². The molecule has 0 radical (unpaired) electrons. The van der Waals surface area contributed by atoms with Crippen molar-refractivity contribution < 1.29 is 9.59 Å². The summed E-state index contributed by atoms with van der Waals surface area (Å²) in [5.41, 5.74) is 0.918. The van der Waals surface area contributed by atoms with Gasteiger partial charge >= 0.3 is 0 Å². The number of amides is 2. The highest BCUT2D eigenvalue weighted by Crippen LogP contribution is 2.23. The zero-order valence-electron chi connectivity index (χ0n) is 16.1. The van der Waals surface area contributed by atoms with Crippen LogP contribution in [0.5, 0.6) is 0 Å². The minimum atomic E-state index is 0.103. The lowest BCUT2D eigenvalue weighted by Crippen LogP contribution is -2.47. The smallest absolute Gasteiger partial charge is 0.240 e. The highest BCUT2D eigenvalue weighted by molar-refractivity contribution is 5.94. The van der Waals surface area contributed by atoms with Crippen LogP contribution in [0, 0.1) is 11.8 Å². The SMILES string of the molecule is CC1CCN(C(=O)C2CCN(CC(=O)N(C)c3ccccc3)CC2)CC1. The van der Waals surface area contributed by atoms with Crippen molar-refractivity contribution in [2.24, 2.45) is 11.8 Å². The van der Waals surface area contributed by atoms with Crippen molar-refractivity contribution in [2.75, 3.05) is 44.7 Å². The van der Waals surface area contributed by atoms with Gasteiger partial charge in [-0.25, -0.2) is 0 Å². The summed E-state index contributed by atoms with van der Waals surface area (Å²) in [4.78, 5) is 31.2. The molecule has 1 aromatic carbocycles. The quantitative estimate of drug-likeness (QED) is 0.832. The summed E-state index contributed by atoms with van der Waals surface area (Å²) in [7, 11) is 1.82. The van der Waals surface area contributed by atoms with Crippen molar-refractivity contribution in [1.29, 1.82) is 0 Å². The van der Waals surface area contributed by atoms with E-state index in [0.29, 0.717) is 12.5 Å². The molecule has 0 aromatic heterocycles. The molecule has 0 unspecified atom stereocenters. The number of piperidine rings is 2. The Morgan fingerprint density at radius 3 is 2.23 bits per heavy atom. The van der Waals surface area contributed by atoms with E-state index in [0.717, 1.165) is 63.5 Å². The largest absolute Gasteiger partial charge is 0.342 e. The van der Waals surface area contributed by atoms with E-state index in [1.165, 1.54) is 0 Å². The molecule has 0 atom stereocenters. The van der Waals surface area contributed by atoms with Crippen molar-refractivity contribution >= 4 is 17.5 Å². The molecule has 0 N–H and O–H groups in total. The molecular formula is C21H31N3O2. The maximum atomic E-state index is 12.7. The molecule has 0 aliphatic carbocycles. The fraction of sp³-hybridized carbons (Fsp3) is 0.619. The van der Waals surface area contributed by atoms with Crippen LogP contribution in [0.25, 0.3) is 0 Å². The maximum Gasteiger partial charge on any atom is 0.240 e. The van der Waals surface area contributed by atoms with Crippen molar-refractivity contribution in [3.63, 3.8) is 0 Å². The van der Waals surface area contributed by atoms with E-state index in [2.05, 4.69) is 16.7 Å². The van der Waals surface area contributed by atoms with Crippen LogP contribution in [0.1, 0.15) is 32.6 Å². The van der Waals surface area contributed by atoms with Gasteiger partial charge in [-0.3, -0.25) is 14.5 Å². The number of benzene rings is 1. The zero-order chi connectivity index (χ0) is 18.5. The van der Waals surface area contributed by atoms with E-state index in [1.54, 1.807) is 4.90 Å². The number of para-hydroxylation sites is 1. The third-order valence-electron chi connectivity index (χ3n) is 5.91. The van der Waals surface area contributed by atoms with Gasteiger partial charge in [0.25, 0.3) is 0 Å². The van der Waals surface area contributed by atoms with Crippen LogP contribution >= 0.6 is 0 Å². The Hall–Kier alpha value is -1.88. The Kier molecular flexibility index (Phi) is 6.30. The molecule has 0 bridgehead atoms. The fourth-order valence-electron chi connectivity index (χ4n) is 3.92. The first kappa shape index (κ1) is 18.9. The van der Waals surface area contributed by atoms with Gasteiger partial charge in [0.15, 0.2) is 0 Å². The molecule has 2 saturated heterocycles. The molecule has 5 nitrogen and oxygen atoms in total. The Morgan fingerprint density at radius 2 is 1.62 bits per heavy atom. The van der Waals surface area contributed by atoms with Gasteiger partial charge in [-0.15, -0.1) is 0 Å². The van der Waals surface area contributed by atoms with E-state index in [-0.39, 0.29) is 11.8 Å². The van der Waals surface area contributed by atoms with Gasteiger partial charge in [0.05, 0.1) is 6.54 Å². The van der Waals surface area contributed by atoms with E-state index in [4.69, 9.17) is 0 Å². The number of rotatable bonds is 4. The van der Waals surface area contributed by atoms with E-state index >= 15 is 0 Å². The van der Waals surface area contributed by atoms with Crippen LogP contribution in [-0.2, 0) is 9.59 Å². The molecule has 2 heterocycles. The molecular weight excluding hydrogens is 326 g/mol. The molecule has 1 aromatic rings. The standard InChI is InChI=1S/C21H31N3O2/c1-17-8-14-24(15-9-17)21(26)18-10-12-23(13-11-18)16-20(25)22(2)19-6-4-3-5-7-19/h3-7,17-18H,8-16H2,1-2H3. The summed E-state index contributed by atoms with van der Waals surface area (Å²) in [6.07, 6.45) is 4.00. The highest BCUT2D eigenvalue weighted by atomic mass is 16.2.